The summed E-state index contributed by atoms with van der Waals surface area (Å²) in [5, 5.41) is 11.4. The number of hydrogen-bond acceptors (Lipinski definition) is 2. The highest BCUT2D eigenvalue weighted by Gasteiger charge is 2.40. The number of aliphatic hydroxyl groups is 1. The van der Waals surface area contributed by atoms with Gasteiger partial charge in [-0.2, -0.15) is 0 Å². The Bertz CT molecular complexity index is 1010. The van der Waals surface area contributed by atoms with Gasteiger partial charge in [0, 0.05) is 11.1 Å². The zero-order valence-electron chi connectivity index (χ0n) is 14.9. The van der Waals surface area contributed by atoms with Crippen molar-refractivity contribution in [2.24, 2.45) is 0 Å². The lowest BCUT2D eigenvalue weighted by molar-refractivity contribution is 0.101. The zero-order chi connectivity index (χ0) is 18.3. The molecule has 0 aromatic heterocycles. The molecule has 0 heterocycles. The molecule has 0 aliphatic heterocycles. The predicted octanol–water partition coefficient (Wildman–Crippen LogP) is 5.07. The Morgan fingerprint density at radius 3 is 2.08 bits per heavy atom. The van der Waals surface area contributed by atoms with Gasteiger partial charge in [0.1, 0.15) is 5.60 Å². The molecular formula is C24H20O2. The second kappa shape index (κ2) is 6.08. The maximum atomic E-state index is 11.6. The quantitative estimate of drug-likeness (QED) is 0.676. The Morgan fingerprint density at radius 2 is 1.42 bits per heavy atom. The van der Waals surface area contributed by atoms with Crippen LogP contribution in [0.1, 0.15) is 46.5 Å². The molecule has 0 fully saturated rings. The Balaban J connectivity index is 2.01. The maximum Gasteiger partial charge on any atom is 0.159 e. The summed E-state index contributed by atoms with van der Waals surface area (Å²) in [6.45, 7) is 3.42. The molecule has 2 nitrogen and oxygen atoms in total. The minimum absolute atomic E-state index is 0.0487. The fourth-order valence-electron chi connectivity index (χ4n) is 3.84. The number of carbonyl (C=O) groups excluding carboxylic acids is 1. The highest BCUT2D eigenvalue weighted by Crippen LogP contribution is 2.51. The van der Waals surface area contributed by atoms with E-state index in [1.165, 1.54) is 0 Å². The Labute approximate surface area is 153 Å². The Hall–Kier alpha value is -2.97. The fraction of sp³-hybridized carbons (Fsp3) is 0.125. The van der Waals surface area contributed by atoms with Gasteiger partial charge in [-0.3, -0.25) is 4.79 Å². The van der Waals surface area contributed by atoms with Gasteiger partial charge in [0.15, 0.2) is 5.78 Å². The minimum Gasteiger partial charge on any atom is -0.381 e. The second-order valence-electron chi connectivity index (χ2n) is 6.87. The summed E-state index contributed by atoms with van der Waals surface area (Å²) in [5.41, 5.74) is 5.47. The van der Waals surface area contributed by atoms with Gasteiger partial charge in [0.05, 0.1) is 0 Å². The Kier molecular flexibility index (Phi) is 3.86. The molecule has 0 spiro atoms. The number of rotatable bonds is 3. The smallest absolute Gasteiger partial charge is 0.159 e. The minimum atomic E-state index is -1.08. The van der Waals surface area contributed by atoms with E-state index in [0.29, 0.717) is 5.56 Å². The molecule has 1 atom stereocenters. The number of benzene rings is 3. The molecular weight excluding hydrogens is 320 g/mol. The van der Waals surface area contributed by atoms with E-state index in [1.807, 2.05) is 85.8 Å². The van der Waals surface area contributed by atoms with Gasteiger partial charge < -0.3 is 5.11 Å². The van der Waals surface area contributed by atoms with Crippen LogP contribution in [0.25, 0.3) is 11.1 Å². The monoisotopic (exact) mass is 340 g/mol. The first-order valence-corrected chi connectivity index (χ1v) is 8.74. The SMILES string of the molecule is CC(=O)c1ccc(C2=C(c3ccccc3)C(C)(O)c3ccccc32)cc1. The fourth-order valence-corrected chi connectivity index (χ4v) is 3.84. The molecule has 0 saturated heterocycles. The van der Waals surface area contributed by atoms with Crippen LogP contribution in [-0.2, 0) is 5.60 Å². The van der Waals surface area contributed by atoms with Gasteiger partial charge >= 0.3 is 0 Å². The van der Waals surface area contributed by atoms with E-state index >= 15 is 0 Å². The number of Topliss-reactive ketones (excluding diaryl/α,β-unsaturated/α-hetero) is 1. The summed E-state index contributed by atoms with van der Waals surface area (Å²) in [6.07, 6.45) is 0. The van der Waals surface area contributed by atoms with Gasteiger partial charge in [0.2, 0.25) is 0 Å². The maximum absolute atomic E-state index is 11.6. The highest BCUT2D eigenvalue weighted by atomic mass is 16.3. The molecule has 4 rings (SSSR count). The standard InChI is InChI=1S/C24H20O2/c1-16(25)17-12-14-18(15-13-17)22-20-10-6-7-11-21(20)24(2,26)23(22)19-8-4-3-5-9-19/h3-15,26H,1-2H3. The molecule has 1 unspecified atom stereocenters. The van der Waals surface area contributed by atoms with E-state index in [4.69, 9.17) is 0 Å². The van der Waals surface area contributed by atoms with E-state index in [1.54, 1.807) is 6.92 Å². The molecule has 0 saturated carbocycles. The first-order valence-electron chi connectivity index (χ1n) is 8.74. The van der Waals surface area contributed by atoms with Crippen LogP contribution < -0.4 is 0 Å². The summed E-state index contributed by atoms with van der Waals surface area (Å²) in [5.74, 6) is 0.0487. The van der Waals surface area contributed by atoms with E-state index in [-0.39, 0.29) is 5.78 Å². The van der Waals surface area contributed by atoms with Crippen molar-refractivity contribution < 1.29 is 9.90 Å². The third kappa shape index (κ3) is 2.51. The van der Waals surface area contributed by atoms with Crippen molar-refractivity contribution in [2.75, 3.05) is 0 Å². The van der Waals surface area contributed by atoms with Crippen LogP contribution in [0.15, 0.2) is 78.9 Å². The predicted molar refractivity (Wildman–Crippen MR) is 105 cm³/mol. The van der Waals surface area contributed by atoms with Crippen molar-refractivity contribution in [1.82, 2.24) is 0 Å². The normalized spacial score (nSPS) is 18.7. The third-order valence-electron chi connectivity index (χ3n) is 5.10. The summed E-state index contributed by atoms with van der Waals surface area (Å²) >= 11 is 0. The van der Waals surface area contributed by atoms with Crippen LogP contribution >= 0.6 is 0 Å². The van der Waals surface area contributed by atoms with E-state index in [9.17, 15) is 9.90 Å². The lowest BCUT2D eigenvalue weighted by Gasteiger charge is -2.24. The molecule has 2 heteroatoms. The van der Waals surface area contributed by atoms with Crippen molar-refractivity contribution in [3.05, 3.63) is 107 Å². The number of hydrogen-bond donors (Lipinski definition) is 1. The zero-order valence-corrected chi connectivity index (χ0v) is 14.9. The topological polar surface area (TPSA) is 37.3 Å². The molecule has 0 radical (unpaired) electrons. The molecule has 1 aliphatic carbocycles. The summed E-state index contributed by atoms with van der Waals surface area (Å²) in [6, 6.07) is 25.6. The third-order valence-corrected chi connectivity index (χ3v) is 5.10. The van der Waals surface area contributed by atoms with Crippen LogP contribution in [-0.4, -0.2) is 10.9 Å². The summed E-state index contributed by atoms with van der Waals surface area (Å²) in [7, 11) is 0. The van der Waals surface area contributed by atoms with Gasteiger partial charge in [-0.05, 0) is 41.7 Å². The van der Waals surface area contributed by atoms with Crippen LogP contribution in [0.3, 0.4) is 0 Å². The lowest BCUT2D eigenvalue weighted by atomic mass is 9.87. The van der Waals surface area contributed by atoms with Crippen molar-refractivity contribution in [3.8, 4) is 0 Å². The Morgan fingerprint density at radius 1 is 0.808 bits per heavy atom. The molecule has 1 aliphatic rings. The average Bonchev–Trinajstić information content (AvgIpc) is 2.90. The molecule has 26 heavy (non-hydrogen) atoms. The highest BCUT2D eigenvalue weighted by molar-refractivity contribution is 6.07. The largest absolute Gasteiger partial charge is 0.381 e. The van der Waals surface area contributed by atoms with Crippen molar-refractivity contribution in [2.45, 2.75) is 19.4 Å². The summed E-state index contributed by atoms with van der Waals surface area (Å²) < 4.78 is 0. The first-order chi connectivity index (χ1) is 12.5. The van der Waals surface area contributed by atoms with Crippen LogP contribution in [0.2, 0.25) is 0 Å². The first kappa shape index (κ1) is 16.5. The molecule has 0 bridgehead atoms. The van der Waals surface area contributed by atoms with E-state index < -0.39 is 5.60 Å². The van der Waals surface area contributed by atoms with Crippen LogP contribution in [0.5, 0.6) is 0 Å². The van der Waals surface area contributed by atoms with Crippen molar-refractivity contribution >= 4 is 16.9 Å². The van der Waals surface area contributed by atoms with Crippen LogP contribution in [0, 0.1) is 0 Å². The molecule has 128 valence electrons. The molecule has 0 amide bonds. The molecule has 1 N–H and O–H groups in total. The summed E-state index contributed by atoms with van der Waals surface area (Å²) in [4.78, 5) is 11.6. The van der Waals surface area contributed by atoms with Gasteiger partial charge in [-0.15, -0.1) is 0 Å². The van der Waals surface area contributed by atoms with E-state index in [0.717, 1.165) is 33.4 Å². The van der Waals surface area contributed by atoms with E-state index in [2.05, 4.69) is 0 Å². The van der Waals surface area contributed by atoms with Crippen molar-refractivity contribution in [3.63, 3.8) is 0 Å². The van der Waals surface area contributed by atoms with Crippen LogP contribution in [0.4, 0.5) is 0 Å². The average molecular weight is 340 g/mol. The number of carbonyl (C=O) groups is 1. The lowest BCUT2D eigenvalue weighted by Crippen LogP contribution is -2.20. The second-order valence-corrected chi connectivity index (χ2v) is 6.87. The van der Waals surface area contributed by atoms with Gasteiger partial charge in [-0.25, -0.2) is 0 Å². The van der Waals surface area contributed by atoms with Gasteiger partial charge in [-0.1, -0.05) is 78.9 Å². The molecule has 3 aromatic rings. The number of ketones is 1. The number of fused-ring (bicyclic) bond motifs is 1. The van der Waals surface area contributed by atoms with Gasteiger partial charge in [0.25, 0.3) is 0 Å². The van der Waals surface area contributed by atoms with Crippen molar-refractivity contribution in [1.29, 1.82) is 0 Å². The molecule has 3 aromatic carbocycles.